The fourth-order valence-corrected chi connectivity index (χ4v) is 6.87. The molecule has 0 aromatic heterocycles. The number of hydrogen-bond donors (Lipinski definition) is 0. The van der Waals surface area contributed by atoms with E-state index in [0.717, 1.165) is 6.42 Å². The monoisotopic (exact) mass is 629 g/mol. The lowest BCUT2D eigenvalue weighted by Gasteiger charge is -2.26. The van der Waals surface area contributed by atoms with E-state index in [1.807, 2.05) is 0 Å². The Morgan fingerprint density at radius 3 is 1.51 bits per heavy atom. The summed E-state index contributed by atoms with van der Waals surface area (Å²) in [5.74, 6) is 0.571. The predicted octanol–water partition coefficient (Wildman–Crippen LogP) is 14.8. The number of anilines is 3. The van der Waals surface area contributed by atoms with Crippen LogP contribution in [0.4, 0.5) is 17.1 Å². The van der Waals surface area contributed by atoms with Gasteiger partial charge in [-0.25, -0.2) is 0 Å². The maximum atomic E-state index is 2.55. The predicted molar refractivity (Wildman–Crippen MR) is 209 cm³/mol. The summed E-state index contributed by atoms with van der Waals surface area (Å²) in [5.41, 5.74) is 13.6. The SMILES string of the molecule is CCCCCCCCc1cc(-c2ccc(N(c3ccc(C)cc3)c3ccc(C(C)CC)cc3)cc2)c(CCCCCCCC)cc1C. The maximum Gasteiger partial charge on any atom is 0.0462 e. The molecule has 1 nitrogen and oxygen atoms in total. The van der Waals surface area contributed by atoms with Gasteiger partial charge in [-0.2, -0.15) is 0 Å². The summed E-state index contributed by atoms with van der Waals surface area (Å²) in [7, 11) is 0. The second-order valence-corrected chi connectivity index (χ2v) is 14.1. The Morgan fingerprint density at radius 2 is 0.979 bits per heavy atom. The van der Waals surface area contributed by atoms with Gasteiger partial charge in [0.1, 0.15) is 0 Å². The molecule has 0 amide bonds. The molecule has 0 bridgehead atoms. The Kier molecular flexibility index (Phi) is 15.1. The van der Waals surface area contributed by atoms with Gasteiger partial charge in [0.05, 0.1) is 0 Å². The van der Waals surface area contributed by atoms with Crippen molar-refractivity contribution in [2.75, 3.05) is 4.90 Å². The number of rotatable bonds is 20. The highest BCUT2D eigenvalue weighted by atomic mass is 15.1. The molecule has 0 N–H and O–H groups in total. The van der Waals surface area contributed by atoms with E-state index in [-0.39, 0.29) is 0 Å². The molecule has 47 heavy (non-hydrogen) atoms. The topological polar surface area (TPSA) is 3.24 Å². The first-order chi connectivity index (χ1) is 22.9. The normalized spacial score (nSPS) is 12.0. The van der Waals surface area contributed by atoms with Gasteiger partial charge >= 0.3 is 0 Å². The van der Waals surface area contributed by atoms with Crippen molar-refractivity contribution in [1.29, 1.82) is 0 Å². The first-order valence-corrected chi connectivity index (χ1v) is 19.1. The van der Waals surface area contributed by atoms with Crippen LogP contribution in [0.15, 0.2) is 84.9 Å². The van der Waals surface area contributed by atoms with Gasteiger partial charge < -0.3 is 4.90 Å². The molecule has 0 saturated carbocycles. The molecule has 0 radical (unpaired) electrons. The van der Waals surface area contributed by atoms with Gasteiger partial charge in [-0.05, 0) is 122 Å². The zero-order valence-corrected chi connectivity index (χ0v) is 30.7. The van der Waals surface area contributed by atoms with Crippen LogP contribution in [0, 0.1) is 13.8 Å². The number of nitrogens with zero attached hydrogens (tertiary/aromatic N) is 1. The number of benzene rings is 4. The van der Waals surface area contributed by atoms with Gasteiger partial charge in [-0.1, -0.05) is 146 Å². The molecule has 0 heterocycles. The molecule has 0 spiro atoms. The smallest absolute Gasteiger partial charge is 0.0462 e. The third-order valence-corrected chi connectivity index (χ3v) is 10.2. The molecule has 0 aliphatic carbocycles. The van der Waals surface area contributed by atoms with Crippen LogP contribution in [0.5, 0.6) is 0 Å². The second kappa shape index (κ2) is 19.5. The van der Waals surface area contributed by atoms with Crippen molar-refractivity contribution in [2.45, 2.75) is 144 Å². The molecule has 1 atom stereocenters. The van der Waals surface area contributed by atoms with Gasteiger partial charge in [-0.15, -0.1) is 0 Å². The van der Waals surface area contributed by atoms with Crippen LogP contribution < -0.4 is 4.90 Å². The third-order valence-electron chi connectivity index (χ3n) is 10.2. The minimum absolute atomic E-state index is 0.571. The van der Waals surface area contributed by atoms with Gasteiger partial charge in [0.25, 0.3) is 0 Å². The first-order valence-electron chi connectivity index (χ1n) is 19.1. The number of hydrogen-bond acceptors (Lipinski definition) is 1. The van der Waals surface area contributed by atoms with Crippen LogP contribution in [0.3, 0.4) is 0 Å². The molecule has 0 fully saturated rings. The molecule has 252 valence electrons. The highest BCUT2D eigenvalue weighted by molar-refractivity contribution is 5.79. The van der Waals surface area contributed by atoms with Crippen LogP contribution in [0.25, 0.3) is 11.1 Å². The van der Waals surface area contributed by atoms with Gasteiger partial charge in [0, 0.05) is 17.1 Å². The quantitative estimate of drug-likeness (QED) is 0.0879. The third kappa shape index (κ3) is 10.9. The average molecular weight is 630 g/mol. The van der Waals surface area contributed by atoms with E-state index in [0.29, 0.717) is 5.92 Å². The summed E-state index contributed by atoms with van der Waals surface area (Å²) in [6.07, 6.45) is 19.6. The lowest BCUT2D eigenvalue weighted by atomic mass is 9.89. The average Bonchev–Trinajstić information content (AvgIpc) is 3.10. The first kappa shape index (κ1) is 36.5. The zero-order valence-electron chi connectivity index (χ0n) is 30.7. The highest BCUT2D eigenvalue weighted by Crippen LogP contribution is 2.38. The molecule has 1 heteroatoms. The van der Waals surface area contributed by atoms with E-state index in [1.165, 1.54) is 146 Å². The van der Waals surface area contributed by atoms with E-state index in [4.69, 9.17) is 0 Å². The summed E-state index contributed by atoms with van der Waals surface area (Å²) in [6.45, 7) is 13.7. The van der Waals surface area contributed by atoms with Crippen LogP contribution in [0.1, 0.15) is 145 Å². The summed E-state index contributed by atoms with van der Waals surface area (Å²) < 4.78 is 0. The maximum absolute atomic E-state index is 2.55. The minimum atomic E-state index is 0.571. The molecule has 0 aliphatic rings. The fourth-order valence-electron chi connectivity index (χ4n) is 6.87. The van der Waals surface area contributed by atoms with Gasteiger partial charge in [-0.3, -0.25) is 0 Å². The highest BCUT2D eigenvalue weighted by Gasteiger charge is 2.15. The molecular formula is C46H63N. The molecule has 4 aromatic rings. The van der Waals surface area contributed by atoms with Crippen LogP contribution in [-0.4, -0.2) is 0 Å². The fraction of sp³-hybridized carbons (Fsp3) is 0.478. The van der Waals surface area contributed by atoms with E-state index in [1.54, 1.807) is 0 Å². The van der Waals surface area contributed by atoms with E-state index < -0.39 is 0 Å². The molecule has 4 aromatic carbocycles. The Labute approximate surface area is 288 Å². The van der Waals surface area contributed by atoms with Crippen molar-refractivity contribution in [2.24, 2.45) is 0 Å². The Bertz CT molecular complexity index is 1450. The molecule has 1 unspecified atom stereocenters. The van der Waals surface area contributed by atoms with Crippen molar-refractivity contribution < 1.29 is 0 Å². The van der Waals surface area contributed by atoms with Crippen molar-refractivity contribution in [3.8, 4) is 11.1 Å². The lowest BCUT2D eigenvalue weighted by molar-refractivity contribution is 0.605. The summed E-state index contributed by atoms with van der Waals surface area (Å²) in [4.78, 5) is 2.40. The second-order valence-electron chi connectivity index (χ2n) is 14.1. The lowest BCUT2D eigenvalue weighted by Crippen LogP contribution is -2.10. The van der Waals surface area contributed by atoms with E-state index in [2.05, 4.69) is 131 Å². The van der Waals surface area contributed by atoms with Crippen LogP contribution in [-0.2, 0) is 12.8 Å². The van der Waals surface area contributed by atoms with Crippen molar-refractivity contribution in [3.05, 3.63) is 113 Å². The van der Waals surface area contributed by atoms with Crippen molar-refractivity contribution in [1.82, 2.24) is 0 Å². The van der Waals surface area contributed by atoms with Crippen molar-refractivity contribution in [3.63, 3.8) is 0 Å². The molecular weight excluding hydrogens is 567 g/mol. The van der Waals surface area contributed by atoms with Crippen LogP contribution >= 0.6 is 0 Å². The van der Waals surface area contributed by atoms with Crippen LogP contribution in [0.2, 0.25) is 0 Å². The van der Waals surface area contributed by atoms with Crippen molar-refractivity contribution >= 4 is 17.1 Å². The van der Waals surface area contributed by atoms with E-state index >= 15 is 0 Å². The van der Waals surface area contributed by atoms with E-state index in [9.17, 15) is 0 Å². The Balaban J connectivity index is 1.63. The van der Waals surface area contributed by atoms with Gasteiger partial charge in [0.2, 0.25) is 0 Å². The summed E-state index contributed by atoms with van der Waals surface area (Å²) in [6, 6.07) is 32.6. The largest absolute Gasteiger partial charge is 0.311 e. The summed E-state index contributed by atoms with van der Waals surface area (Å²) >= 11 is 0. The molecule has 0 saturated heterocycles. The molecule has 4 rings (SSSR count). The minimum Gasteiger partial charge on any atom is -0.311 e. The Morgan fingerprint density at radius 1 is 0.511 bits per heavy atom. The number of aryl methyl sites for hydroxylation is 4. The standard InChI is InChI=1S/C46H63N/c1-7-10-12-14-16-18-20-41-35-46(42(34-38(41)6)21-19-17-15-13-11-8-2)40-26-32-45(33-27-40)47(43-28-22-36(4)23-29-43)44-30-24-39(25-31-44)37(5)9-3/h22-35,37H,7-21H2,1-6H3. The zero-order chi connectivity index (χ0) is 33.4. The molecule has 0 aliphatic heterocycles. The van der Waals surface area contributed by atoms with Gasteiger partial charge in [0.15, 0.2) is 0 Å². The Hall–Kier alpha value is -3.32. The summed E-state index contributed by atoms with van der Waals surface area (Å²) in [5, 5.41) is 0. The number of unbranched alkanes of at least 4 members (excludes halogenated alkanes) is 10.